The van der Waals surface area contributed by atoms with Crippen LogP contribution in [-0.4, -0.2) is 30.6 Å². The largest absolute Gasteiger partial charge is 0.329 e. The number of hydrogen-bond donors (Lipinski definition) is 1. The molecule has 2 heteroatoms. The first-order valence-corrected chi connectivity index (χ1v) is 4.67. The molecule has 0 aromatic carbocycles. The Morgan fingerprint density at radius 2 is 2.00 bits per heavy atom. The second-order valence-corrected chi connectivity index (χ2v) is 3.69. The highest BCUT2D eigenvalue weighted by Crippen LogP contribution is 2.23. The minimum absolute atomic E-state index is 0.554. The SMILES string of the molecule is CC(CN)N(C)C1CCCC1. The second kappa shape index (κ2) is 4.07. The van der Waals surface area contributed by atoms with Gasteiger partial charge in [0.25, 0.3) is 0 Å². The summed E-state index contributed by atoms with van der Waals surface area (Å²) in [5.74, 6) is 0. The van der Waals surface area contributed by atoms with Crippen LogP contribution in [0, 0.1) is 0 Å². The van der Waals surface area contributed by atoms with Gasteiger partial charge in [-0.25, -0.2) is 0 Å². The van der Waals surface area contributed by atoms with Crippen LogP contribution in [0.3, 0.4) is 0 Å². The van der Waals surface area contributed by atoms with E-state index in [2.05, 4.69) is 18.9 Å². The Labute approximate surface area is 69.8 Å². The molecule has 1 aliphatic rings. The lowest BCUT2D eigenvalue weighted by Gasteiger charge is -2.29. The summed E-state index contributed by atoms with van der Waals surface area (Å²) >= 11 is 0. The van der Waals surface area contributed by atoms with Gasteiger partial charge in [-0.1, -0.05) is 12.8 Å². The molecule has 1 rings (SSSR count). The highest BCUT2D eigenvalue weighted by Gasteiger charge is 2.21. The quantitative estimate of drug-likeness (QED) is 0.665. The lowest BCUT2D eigenvalue weighted by atomic mass is 10.2. The molecule has 0 heterocycles. The number of rotatable bonds is 3. The lowest BCUT2D eigenvalue weighted by molar-refractivity contribution is 0.190. The molecule has 1 fully saturated rings. The van der Waals surface area contributed by atoms with Crippen molar-refractivity contribution in [3.63, 3.8) is 0 Å². The van der Waals surface area contributed by atoms with Crippen LogP contribution in [0.4, 0.5) is 0 Å². The van der Waals surface area contributed by atoms with Crippen LogP contribution in [0.15, 0.2) is 0 Å². The number of hydrogen-bond acceptors (Lipinski definition) is 2. The number of likely N-dealkylation sites (N-methyl/N-ethyl adjacent to an activating group) is 1. The van der Waals surface area contributed by atoms with Crippen LogP contribution in [-0.2, 0) is 0 Å². The Kier molecular flexibility index (Phi) is 3.34. The molecule has 0 radical (unpaired) electrons. The topological polar surface area (TPSA) is 29.3 Å². The molecule has 0 aliphatic heterocycles. The van der Waals surface area contributed by atoms with Gasteiger partial charge in [0.05, 0.1) is 0 Å². The predicted octanol–water partition coefficient (Wildman–Crippen LogP) is 1.21. The first kappa shape index (κ1) is 9.01. The maximum Gasteiger partial charge on any atom is 0.0190 e. The van der Waals surface area contributed by atoms with E-state index in [-0.39, 0.29) is 0 Å². The summed E-state index contributed by atoms with van der Waals surface area (Å²) in [6.07, 6.45) is 5.57. The summed E-state index contributed by atoms with van der Waals surface area (Å²) in [6, 6.07) is 1.37. The zero-order chi connectivity index (χ0) is 8.27. The van der Waals surface area contributed by atoms with Gasteiger partial charge in [0.2, 0.25) is 0 Å². The van der Waals surface area contributed by atoms with Crippen LogP contribution in [0.5, 0.6) is 0 Å². The summed E-state index contributed by atoms with van der Waals surface area (Å²) < 4.78 is 0. The van der Waals surface area contributed by atoms with Crippen LogP contribution < -0.4 is 5.73 Å². The van der Waals surface area contributed by atoms with E-state index in [1.54, 1.807) is 0 Å². The van der Waals surface area contributed by atoms with Gasteiger partial charge in [-0.05, 0) is 26.8 Å². The van der Waals surface area contributed by atoms with E-state index in [0.717, 1.165) is 12.6 Å². The molecule has 1 aliphatic carbocycles. The second-order valence-electron chi connectivity index (χ2n) is 3.69. The van der Waals surface area contributed by atoms with E-state index >= 15 is 0 Å². The maximum atomic E-state index is 5.60. The lowest BCUT2D eigenvalue weighted by Crippen LogP contribution is -2.41. The Morgan fingerprint density at radius 3 is 2.45 bits per heavy atom. The zero-order valence-electron chi connectivity index (χ0n) is 7.71. The molecule has 0 spiro atoms. The Morgan fingerprint density at radius 1 is 1.45 bits per heavy atom. The van der Waals surface area contributed by atoms with Crippen LogP contribution in [0.1, 0.15) is 32.6 Å². The van der Waals surface area contributed by atoms with Crippen LogP contribution in [0.25, 0.3) is 0 Å². The summed E-state index contributed by atoms with van der Waals surface area (Å²) in [5, 5.41) is 0. The maximum absolute atomic E-state index is 5.60. The Hall–Kier alpha value is -0.0800. The van der Waals surface area contributed by atoms with Gasteiger partial charge >= 0.3 is 0 Å². The third kappa shape index (κ3) is 2.17. The van der Waals surface area contributed by atoms with Crippen molar-refractivity contribution < 1.29 is 0 Å². The van der Waals surface area contributed by atoms with Crippen molar-refractivity contribution in [1.82, 2.24) is 4.90 Å². The monoisotopic (exact) mass is 156 g/mol. The van der Waals surface area contributed by atoms with Crippen molar-refractivity contribution in [1.29, 1.82) is 0 Å². The minimum atomic E-state index is 0.554. The first-order chi connectivity index (χ1) is 5.25. The molecule has 1 unspecified atom stereocenters. The highest BCUT2D eigenvalue weighted by molar-refractivity contribution is 4.78. The fourth-order valence-electron chi connectivity index (χ4n) is 1.84. The molecule has 0 saturated heterocycles. The average Bonchev–Trinajstić information content (AvgIpc) is 2.53. The molecule has 0 bridgehead atoms. The van der Waals surface area contributed by atoms with Gasteiger partial charge in [0.15, 0.2) is 0 Å². The molecular formula is C9H20N2. The normalized spacial score (nSPS) is 22.9. The van der Waals surface area contributed by atoms with E-state index in [1.807, 2.05) is 0 Å². The number of nitrogens with zero attached hydrogens (tertiary/aromatic N) is 1. The van der Waals surface area contributed by atoms with Gasteiger partial charge in [0, 0.05) is 18.6 Å². The third-order valence-corrected chi connectivity index (χ3v) is 2.94. The molecule has 66 valence electrons. The van der Waals surface area contributed by atoms with Crippen molar-refractivity contribution in [3.05, 3.63) is 0 Å². The standard InChI is InChI=1S/C9H20N2/c1-8(7-10)11(2)9-5-3-4-6-9/h8-9H,3-7,10H2,1-2H3. The van der Waals surface area contributed by atoms with Gasteiger partial charge < -0.3 is 5.73 Å². The van der Waals surface area contributed by atoms with E-state index < -0.39 is 0 Å². The van der Waals surface area contributed by atoms with E-state index in [4.69, 9.17) is 5.73 Å². The highest BCUT2D eigenvalue weighted by atomic mass is 15.2. The first-order valence-electron chi connectivity index (χ1n) is 4.67. The van der Waals surface area contributed by atoms with E-state index in [0.29, 0.717) is 6.04 Å². The molecular weight excluding hydrogens is 136 g/mol. The molecule has 0 aromatic heterocycles. The number of nitrogens with two attached hydrogens (primary N) is 1. The van der Waals surface area contributed by atoms with E-state index in [9.17, 15) is 0 Å². The summed E-state index contributed by atoms with van der Waals surface area (Å²) in [7, 11) is 2.20. The van der Waals surface area contributed by atoms with Gasteiger partial charge in [-0.3, -0.25) is 4.90 Å². The van der Waals surface area contributed by atoms with Gasteiger partial charge in [0.1, 0.15) is 0 Å². The van der Waals surface area contributed by atoms with Crippen LogP contribution in [0.2, 0.25) is 0 Å². The predicted molar refractivity (Wildman–Crippen MR) is 48.5 cm³/mol. The minimum Gasteiger partial charge on any atom is -0.329 e. The Balaban J connectivity index is 2.32. The van der Waals surface area contributed by atoms with Gasteiger partial charge in [-0.2, -0.15) is 0 Å². The molecule has 1 atom stereocenters. The van der Waals surface area contributed by atoms with Gasteiger partial charge in [-0.15, -0.1) is 0 Å². The summed E-state index contributed by atoms with van der Waals surface area (Å²) in [4.78, 5) is 2.44. The molecule has 0 amide bonds. The third-order valence-electron chi connectivity index (χ3n) is 2.94. The molecule has 0 aromatic rings. The smallest absolute Gasteiger partial charge is 0.0190 e. The molecule has 2 nitrogen and oxygen atoms in total. The summed E-state index contributed by atoms with van der Waals surface area (Å²) in [5.41, 5.74) is 5.60. The average molecular weight is 156 g/mol. The van der Waals surface area contributed by atoms with Crippen LogP contribution >= 0.6 is 0 Å². The van der Waals surface area contributed by atoms with E-state index in [1.165, 1.54) is 25.7 Å². The zero-order valence-corrected chi connectivity index (χ0v) is 7.71. The Bertz CT molecular complexity index is 108. The van der Waals surface area contributed by atoms with Crippen molar-refractivity contribution >= 4 is 0 Å². The summed E-state index contributed by atoms with van der Waals surface area (Å²) in [6.45, 7) is 2.99. The van der Waals surface area contributed by atoms with Crippen molar-refractivity contribution in [2.24, 2.45) is 5.73 Å². The van der Waals surface area contributed by atoms with Crippen molar-refractivity contribution in [2.45, 2.75) is 44.7 Å². The fourth-order valence-corrected chi connectivity index (χ4v) is 1.84. The fraction of sp³-hybridized carbons (Fsp3) is 1.00. The van der Waals surface area contributed by atoms with Crippen molar-refractivity contribution in [2.75, 3.05) is 13.6 Å². The molecule has 2 N–H and O–H groups in total. The van der Waals surface area contributed by atoms with Crippen molar-refractivity contribution in [3.8, 4) is 0 Å². The molecule has 1 saturated carbocycles. The molecule has 11 heavy (non-hydrogen) atoms.